The zero-order valence-electron chi connectivity index (χ0n) is 13.4. The van der Waals surface area contributed by atoms with Gasteiger partial charge in [0.05, 0.1) is 12.1 Å². The van der Waals surface area contributed by atoms with Crippen molar-refractivity contribution in [3.8, 4) is 0 Å². The number of aliphatic hydroxyl groups is 1. The van der Waals surface area contributed by atoms with Gasteiger partial charge in [-0.1, -0.05) is 22.0 Å². The third-order valence-corrected chi connectivity index (χ3v) is 4.01. The van der Waals surface area contributed by atoms with E-state index in [2.05, 4.69) is 65.1 Å². The monoisotopic (exact) mass is 342 g/mol. The fourth-order valence-electron chi connectivity index (χ4n) is 1.79. The lowest BCUT2D eigenvalue weighted by Gasteiger charge is -2.37. The normalized spacial score (nSPS) is 12.6. The van der Waals surface area contributed by atoms with Crippen LogP contribution in [0, 0.1) is 0 Å². The third kappa shape index (κ3) is 4.76. The first kappa shape index (κ1) is 17.5. The fourth-order valence-corrected chi connectivity index (χ4v) is 2.14. The third-order valence-electron chi connectivity index (χ3n) is 3.51. The number of hydrogen-bond donors (Lipinski definition) is 2. The maximum absolute atomic E-state index is 9.58. The predicted molar refractivity (Wildman–Crippen MR) is 90.3 cm³/mol. The molecule has 0 fully saturated rings. The number of aliphatic hydroxyl groups excluding tert-OH is 1. The maximum Gasteiger partial charge on any atom is 0.0658 e. The van der Waals surface area contributed by atoms with E-state index in [1.165, 1.54) is 5.56 Å². The molecule has 0 saturated heterocycles. The van der Waals surface area contributed by atoms with Crippen LogP contribution in [0.2, 0.25) is 0 Å². The minimum absolute atomic E-state index is 0.0788. The van der Waals surface area contributed by atoms with E-state index in [1.807, 2.05) is 20.9 Å². The van der Waals surface area contributed by atoms with Crippen molar-refractivity contribution in [1.29, 1.82) is 0 Å². The zero-order valence-corrected chi connectivity index (χ0v) is 15.0. The van der Waals surface area contributed by atoms with Crippen LogP contribution in [0.3, 0.4) is 0 Å². The molecule has 4 heteroatoms. The van der Waals surface area contributed by atoms with Crippen LogP contribution in [0.1, 0.15) is 40.2 Å². The summed E-state index contributed by atoms with van der Waals surface area (Å²) in [5.41, 5.74) is 2.15. The van der Waals surface area contributed by atoms with Crippen molar-refractivity contribution in [2.24, 2.45) is 0 Å². The van der Waals surface area contributed by atoms with Gasteiger partial charge in [-0.3, -0.25) is 0 Å². The minimum Gasteiger partial charge on any atom is -0.394 e. The molecule has 0 saturated carbocycles. The van der Waals surface area contributed by atoms with Gasteiger partial charge in [-0.25, -0.2) is 0 Å². The summed E-state index contributed by atoms with van der Waals surface area (Å²) in [6.45, 7) is 11.5. The Kier molecular flexibility index (Phi) is 5.64. The number of nitrogens with zero attached hydrogens (tertiary/aromatic N) is 1. The number of benzene rings is 1. The standard InChI is InChI=1S/C16H27BrN2O/c1-15(2,3)18-10-12-7-8-13(17)9-14(12)19(6)16(4,5)11-20/h7-9,18,20H,10-11H2,1-6H3. The molecule has 114 valence electrons. The molecule has 0 heterocycles. The Labute approximate surface area is 131 Å². The Balaban J connectivity index is 3.08. The first-order chi connectivity index (χ1) is 9.07. The van der Waals surface area contributed by atoms with E-state index >= 15 is 0 Å². The molecule has 1 aromatic rings. The Morgan fingerprint density at radius 3 is 2.30 bits per heavy atom. The van der Waals surface area contributed by atoms with Crippen LogP contribution in [0.5, 0.6) is 0 Å². The van der Waals surface area contributed by atoms with E-state index < -0.39 is 0 Å². The van der Waals surface area contributed by atoms with E-state index in [9.17, 15) is 5.11 Å². The van der Waals surface area contributed by atoms with Crippen molar-refractivity contribution in [3.63, 3.8) is 0 Å². The SMILES string of the molecule is CN(c1cc(Br)ccc1CNC(C)(C)C)C(C)(C)CO. The highest BCUT2D eigenvalue weighted by atomic mass is 79.9. The Morgan fingerprint density at radius 1 is 1.20 bits per heavy atom. The van der Waals surface area contributed by atoms with Gasteiger partial charge in [0.1, 0.15) is 0 Å². The number of nitrogens with one attached hydrogen (secondary N) is 1. The first-order valence-electron chi connectivity index (χ1n) is 6.95. The number of likely N-dealkylation sites (N-methyl/N-ethyl adjacent to an activating group) is 1. The lowest BCUT2D eigenvalue weighted by molar-refractivity contribution is 0.216. The Bertz CT molecular complexity index is 452. The van der Waals surface area contributed by atoms with Gasteiger partial charge in [-0.2, -0.15) is 0 Å². The summed E-state index contributed by atoms with van der Waals surface area (Å²) in [5, 5.41) is 13.1. The number of hydrogen-bond acceptors (Lipinski definition) is 3. The summed E-state index contributed by atoms with van der Waals surface area (Å²) >= 11 is 3.53. The smallest absolute Gasteiger partial charge is 0.0658 e. The average Bonchev–Trinajstić information content (AvgIpc) is 2.35. The second-order valence-electron chi connectivity index (χ2n) is 6.91. The fraction of sp³-hybridized carbons (Fsp3) is 0.625. The van der Waals surface area contributed by atoms with Crippen molar-refractivity contribution in [1.82, 2.24) is 5.32 Å². The molecular weight excluding hydrogens is 316 g/mol. The zero-order chi connectivity index (χ0) is 15.6. The van der Waals surface area contributed by atoms with Crippen LogP contribution in [-0.4, -0.2) is 29.8 Å². The van der Waals surface area contributed by atoms with E-state index in [0.29, 0.717) is 0 Å². The average molecular weight is 343 g/mol. The molecule has 0 spiro atoms. The molecule has 3 nitrogen and oxygen atoms in total. The van der Waals surface area contributed by atoms with Gasteiger partial charge in [-0.05, 0) is 52.3 Å². The molecule has 0 atom stereocenters. The molecule has 0 bridgehead atoms. The van der Waals surface area contributed by atoms with Crippen molar-refractivity contribution in [2.45, 2.75) is 52.2 Å². The molecule has 0 radical (unpaired) electrons. The molecule has 20 heavy (non-hydrogen) atoms. The summed E-state index contributed by atoms with van der Waals surface area (Å²) < 4.78 is 1.05. The molecule has 0 aliphatic heterocycles. The molecule has 0 aliphatic rings. The summed E-state index contributed by atoms with van der Waals surface area (Å²) in [7, 11) is 2.03. The highest BCUT2D eigenvalue weighted by Gasteiger charge is 2.25. The Hall–Kier alpha value is -0.580. The van der Waals surface area contributed by atoms with Crippen molar-refractivity contribution < 1.29 is 5.11 Å². The molecule has 0 unspecified atom stereocenters. The van der Waals surface area contributed by atoms with Gasteiger partial charge < -0.3 is 15.3 Å². The van der Waals surface area contributed by atoms with Gasteiger partial charge >= 0.3 is 0 Å². The summed E-state index contributed by atoms with van der Waals surface area (Å²) in [6.07, 6.45) is 0. The second-order valence-corrected chi connectivity index (χ2v) is 7.82. The summed E-state index contributed by atoms with van der Waals surface area (Å²) in [4.78, 5) is 2.14. The van der Waals surface area contributed by atoms with E-state index in [0.717, 1.165) is 16.7 Å². The van der Waals surface area contributed by atoms with Crippen LogP contribution in [0.15, 0.2) is 22.7 Å². The molecule has 1 rings (SSSR count). The van der Waals surface area contributed by atoms with Crippen LogP contribution in [0.4, 0.5) is 5.69 Å². The van der Waals surface area contributed by atoms with Gasteiger partial charge in [0.15, 0.2) is 0 Å². The molecular formula is C16H27BrN2O. The topological polar surface area (TPSA) is 35.5 Å². The maximum atomic E-state index is 9.58. The molecule has 2 N–H and O–H groups in total. The number of rotatable bonds is 5. The van der Waals surface area contributed by atoms with Gasteiger partial charge in [-0.15, -0.1) is 0 Å². The summed E-state index contributed by atoms with van der Waals surface area (Å²) in [6, 6.07) is 6.29. The highest BCUT2D eigenvalue weighted by molar-refractivity contribution is 9.10. The molecule has 0 amide bonds. The van der Waals surface area contributed by atoms with E-state index in [4.69, 9.17) is 0 Å². The largest absolute Gasteiger partial charge is 0.394 e. The second kappa shape index (κ2) is 6.46. The van der Waals surface area contributed by atoms with Gasteiger partial charge in [0.25, 0.3) is 0 Å². The molecule has 0 aliphatic carbocycles. The van der Waals surface area contributed by atoms with Crippen molar-refractivity contribution >= 4 is 21.6 Å². The van der Waals surface area contributed by atoms with E-state index in [1.54, 1.807) is 0 Å². The predicted octanol–water partition coefficient (Wildman–Crippen LogP) is 3.54. The lowest BCUT2D eigenvalue weighted by atomic mass is 10.0. The summed E-state index contributed by atoms with van der Waals surface area (Å²) in [5.74, 6) is 0. The van der Waals surface area contributed by atoms with Gasteiger partial charge in [0.2, 0.25) is 0 Å². The van der Waals surface area contributed by atoms with Crippen LogP contribution < -0.4 is 10.2 Å². The molecule has 0 aromatic heterocycles. The first-order valence-corrected chi connectivity index (χ1v) is 7.74. The van der Waals surface area contributed by atoms with E-state index in [-0.39, 0.29) is 17.7 Å². The number of halogens is 1. The van der Waals surface area contributed by atoms with Crippen LogP contribution >= 0.6 is 15.9 Å². The highest BCUT2D eigenvalue weighted by Crippen LogP contribution is 2.29. The van der Waals surface area contributed by atoms with Crippen molar-refractivity contribution in [3.05, 3.63) is 28.2 Å². The minimum atomic E-state index is -0.294. The lowest BCUT2D eigenvalue weighted by Crippen LogP contribution is -2.45. The van der Waals surface area contributed by atoms with Gasteiger partial charge in [0, 0.05) is 29.3 Å². The van der Waals surface area contributed by atoms with Crippen LogP contribution in [-0.2, 0) is 6.54 Å². The number of anilines is 1. The Morgan fingerprint density at radius 2 is 1.80 bits per heavy atom. The quantitative estimate of drug-likeness (QED) is 0.858. The van der Waals surface area contributed by atoms with Crippen LogP contribution in [0.25, 0.3) is 0 Å². The molecule has 1 aromatic carbocycles. The van der Waals surface area contributed by atoms with Crippen molar-refractivity contribution in [2.75, 3.05) is 18.6 Å².